The number of rotatable bonds is 6. The van der Waals surface area contributed by atoms with Gasteiger partial charge in [0, 0.05) is 24.9 Å². The van der Waals surface area contributed by atoms with E-state index in [4.69, 9.17) is 22.7 Å². The summed E-state index contributed by atoms with van der Waals surface area (Å²) in [4.78, 5) is 14.8. The monoisotopic (exact) mass is 308 g/mol. The molecule has 0 radical (unpaired) electrons. The standard InChI is InChI=1S/C16H24N2O2S/c1-16(2,3)15(19)18(10-9-14(17)21)11-12-5-7-13(20-4)8-6-12/h5-8H,9-11H2,1-4H3,(H2,17,21). The molecule has 0 saturated carbocycles. The predicted octanol–water partition coefficient (Wildman–Crippen LogP) is 2.75. The lowest BCUT2D eigenvalue weighted by Crippen LogP contribution is -2.40. The molecule has 1 amide bonds. The topological polar surface area (TPSA) is 55.6 Å². The zero-order valence-electron chi connectivity index (χ0n) is 13.2. The largest absolute Gasteiger partial charge is 0.497 e. The molecule has 0 bridgehead atoms. The fourth-order valence-corrected chi connectivity index (χ4v) is 2.01. The van der Waals surface area contributed by atoms with Crippen molar-refractivity contribution in [2.45, 2.75) is 33.7 Å². The number of methoxy groups -OCH3 is 1. The number of benzene rings is 1. The molecule has 21 heavy (non-hydrogen) atoms. The third kappa shape index (κ3) is 5.71. The first-order valence-electron chi connectivity index (χ1n) is 6.94. The predicted molar refractivity (Wildman–Crippen MR) is 89.3 cm³/mol. The molecule has 0 aliphatic rings. The summed E-state index contributed by atoms with van der Waals surface area (Å²) in [5.74, 6) is 0.894. The van der Waals surface area contributed by atoms with Crippen molar-refractivity contribution >= 4 is 23.1 Å². The molecule has 4 nitrogen and oxygen atoms in total. The average molecular weight is 308 g/mol. The molecule has 0 aromatic heterocycles. The van der Waals surface area contributed by atoms with Crippen molar-refractivity contribution in [3.05, 3.63) is 29.8 Å². The lowest BCUT2D eigenvalue weighted by atomic mass is 9.94. The van der Waals surface area contributed by atoms with E-state index in [1.807, 2.05) is 45.0 Å². The fraction of sp³-hybridized carbons (Fsp3) is 0.500. The maximum absolute atomic E-state index is 12.5. The molecule has 0 atom stereocenters. The number of carbonyl (C=O) groups is 1. The third-order valence-electron chi connectivity index (χ3n) is 3.09. The maximum atomic E-state index is 12.5. The molecule has 2 N–H and O–H groups in total. The highest BCUT2D eigenvalue weighted by Crippen LogP contribution is 2.20. The molecule has 0 heterocycles. The smallest absolute Gasteiger partial charge is 0.228 e. The minimum absolute atomic E-state index is 0.0922. The van der Waals surface area contributed by atoms with E-state index in [9.17, 15) is 4.79 Å². The van der Waals surface area contributed by atoms with Gasteiger partial charge in [-0.15, -0.1) is 0 Å². The first-order valence-corrected chi connectivity index (χ1v) is 7.35. The van der Waals surface area contributed by atoms with Crippen molar-refractivity contribution in [1.82, 2.24) is 4.90 Å². The van der Waals surface area contributed by atoms with Crippen molar-refractivity contribution in [3.63, 3.8) is 0 Å². The zero-order valence-corrected chi connectivity index (χ0v) is 14.0. The molecule has 1 aromatic carbocycles. The van der Waals surface area contributed by atoms with Crippen LogP contribution in [0.4, 0.5) is 0 Å². The van der Waals surface area contributed by atoms with Crippen LogP contribution < -0.4 is 10.5 Å². The van der Waals surface area contributed by atoms with Gasteiger partial charge in [0.15, 0.2) is 0 Å². The first kappa shape index (κ1) is 17.4. The molecule has 1 aromatic rings. The second kappa shape index (κ2) is 7.41. The van der Waals surface area contributed by atoms with Crippen LogP contribution >= 0.6 is 12.2 Å². The van der Waals surface area contributed by atoms with Crippen LogP contribution in [0.1, 0.15) is 32.8 Å². The number of nitrogens with two attached hydrogens (primary N) is 1. The molecule has 0 aliphatic heterocycles. The number of ether oxygens (including phenoxy) is 1. The van der Waals surface area contributed by atoms with Crippen LogP contribution in [0, 0.1) is 5.41 Å². The van der Waals surface area contributed by atoms with Crippen molar-refractivity contribution in [2.75, 3.05) is 13.7 Å². The number of nitrogens with zero attached hydrogens (tertiary/aromatic N) is 1. The molecule has 0 spiro atoms. The lowest BCUT2D eigenvalue weighted by molar-refractivity contribution is -0.140. The van der Waals surface area contributed by atoms with E-state index < -0.39 is 5.41 Å². The summed E-state index contributed by atoms with van der Waals surface area (Å²) in [5, 5.41) is 0. The second-order valence-electron chi connectivity index (χ2n) is 6.04. The van der Waals surface area contributed by atoms with Gasteiger partial charge in [-0.2, -0.15) is 0 Å². The van der Waals surface area contributed by atoms with E-state index >= 15 is 0 Å². The number of hydrogen-bond acceptors (Lipinski definition) is 3. The SMILES string of the molecule is COc1ccc(CN(CCC(N)=S)C(=O)C(C)(C)C)cc1. The van der Waals surface area contributed by atoms with Crippen LogP contribution in [0.2, 0.25) is 0 Å². The molecular formula is C16H24N2O2S. The Kier molecular flexibility index (Phi) is 6.15. The van der Waals surface area contributed by atoms with Gasteiger partial charge in [0.1, 0.15) is 5.75 Å². The van der Waals surface area contributed by atoms with E-state index in [1.54, 1.807) is 12.0 Å². The molecule has 0 aliphatic carbocycles. The van der Waals surface area contributed by atoms with E-state index in [-0.39, 0.29) is 5.91 Å². The van der Waals surface area contributed by atoms with Gasteiger partial charge in [0.25, 0.3) is 0 Å². The Hall–Kier alpha value is -1.62. The van der Waals surface area contributed by atoms with E-state index in [0.29, 0.717) is 24.5 Å². The van der Waals surface area contributed by atoms with E-state index in [1.165, 1.54) is 0 Å². The highest BCUT2D eigenvalue weighted by Gasteiger charge is 2.27. The van der Waals surface area contributed by atoms with Gasteiger partial charge < -0.3 is 15.4 Å². The van der Waals surface area contributed by atoms with Crippen LogP contribution in [0.15, 0.2) is 24.3 Å². The van der Waals surface area contributed by atoms with Crippen LogP contribution in [0.25, 0.3) is 0 Å². The molecule has 0 saturated heterocycles. The number of thiocarbonyl (C=S) groups is 1. The van der Waals surface area contributed by atoms with E-state index in [0.717, 1.165) is 11.3 Å². The van der Waals surface area contributed by atoms with Crippen molar-refractivity contribution in [3.8, 4) is 5.75 Å². The Bertz CT molecular complexity index is 492. The summed E-state index contributed by atoms with van der Waals surface area (Å²) >= 11 is 4.91. The van der Waals surface area contributed by atoms with Crippen LogP contribution in [0.3, 0.4) is 0 Å². The summed E-state index contributed by atoms with van der Waals surface area (Å²) in [5.41, 5.74) is 6.18. The molecule has 1 rings (SSSR count). The van der Waals surface area contributed by atoms with Gasteiger partial charge in [0.05, 0.1) is 12.1 Å². The van der Waals surface area contributed by atoms with Crippen LogP contribution in [0.5, 0.6) is 5.75 Å². The Morgan fingerprint density at radius 2 is 1.86 bits per heavy atom. The molecular weight excluding hydrogens is 284 g/mol. The fourth-order valence-electron chi connectivity index (χ4n) is 1.92. The maximum Gasteiger partial charge on any atom is 0.228 e. The third-order valence-corrected chi connectivity index (χ3v) is 3.29. The Balaban J connectivity index is 2.84. The Morgan fingerprint density at radius 3 is 2.29 bits per heavy atom. The minimum Gasteiger partial charge on any atom is -0.497 e. The van der Waals surface area contributed by atoms with Crippen LogP contribution in [-0.4, -0.2) is 29.5 Å². The number of carbonyl (C=O) groups excluding carboxylic acids is 1. The summed E-state index contributed by atoms with van der Waals surface area (Å²) in [6.07, 6.45) is 0.535. The number of hydrogen-bond donors (Lipinski definition) is 1. The average Bonchev–Trinajstić information content (AvgIpc) is 2.42. The zero-order chi connectivity index (χ0) is 16.0. The van der Waals surface area contributed by atoms with Crippen molar-refractivity contribution in [1.29, 1.82) is 0 Å². The lowest BCUT2D eigenvalue weighted by Gasteiger charge is -2.29. The highest BCUT2D eigenvalue weighted by molar-refractivity contribution is 7.80. The second-order valence-corrected chi connectivity index (χ2v) is 6.57. The summed E-state index contributed by atoms with van der Waals surface area (Å²) in [7, 11) is 1.63. The van der Waals surface area contributed by atoms with Gasteiger partial charge >= 0.3 is 0 Å². The minimum atomic E-state index is -0.428. The molecule has 5 heteroatoms. The van der Waals surface area contributed by atoms with E-state index in [2.05, 4.69) is 0 Å². The first-order chi connectivity index (χ1) is 9.74. The van der Waals surface area contributed by atoms with Gasteiger partial charge in [-0.05, 0) is 17.7 Å². The van der Waals surface area contributed by atoms with Gasteiger partial charge in [-0.25, -0.2) is 0 Å². The number of amides is 1. The highest BCUT2D eigenvalue weighted by atomic mass is 32.1. The summed E-state index contributed by atoms with van der Waals surface area (Å²) < 4.78 is 5.14. The summed E-state index contributed by atoms with van der Waals surface area (Å²) in [6, 6.07) is 7.70. The van der Waals surface area contributed by atoms with Gasteiger partial charge in [-0.1, -0.05) is 45.1 Å². The molecule has 116 valence electrons. The Morgan fingerprint density at radius 1 is 1.29 bits per heavy atom. The normalized spacial score (nSPS) is 11.0. The van der Waals surface area contributed by atoms with Gasteiger partial charge in [-0.3, -0.25) is 4.79 Å². The van der Waals surface area contributed by atoms with Crippen molar-refractivity contribution < 1.29 is 9.53 Å². The molecule has 0 unspecified atom stereocenters. The summed E-state index contributed by atoms with van der Waals surface area (Å²) in [6.45, 7) is 6.82. The van der Waals surface area contributed by atoms with Gasteiger partial charge in [0.2, 0.25) is 5.91 Å². The Labute approximate surface area is 132 Å². The van der Waals surface area contributed by atoms with Crippen LogP contribution in [-0.2, 0) is 11.3 Å². The quantitative estimate of drug-likeness (QED) is 0.821. The van der Waals surface area contributed by atoms with Crippen molar-refractivity contribution in [2.24, 2.45) is 11.1 Å². The molecule has 0 fully saturated rings.